The van der Waals surface area contributed by atoms with Gasteiger partial charge in [-0.3, -0.25) is 9.59 Å². The second-order valence-electron chi connectivity index (χ2n) is 14.5. The Labute approximate surface area is 326 Å². The summed E-state index contributed by atoms with van der Waals surface area (Å²) in [6.45, 7) is 26.8. The van der Waals surface area contributed by atoms with Crippen LogP contribution in [0.3, 0.4) is 0 Å². The standard InChI is InChI=1S/C31H39N3O.C11H12O.C4H8O.C2H6/c1-23-12-10-15-28(23)30(35)34(29-16-9-8-11-24(29)2)22-31(4)19-17-27(18-20-31)33-25(3)32-21-26-13-6-5-7-14-26;1-8(2)10-6-4-5-7-11(10)9(3)12;1-3-4(2)5;1-2/h5-9,11,13-14,16-19,23,28,32-33H,3,10,12,15,20-22H2,1-2,4H3;4-7H,1H2,2-3H3;3H2,1-2H3;1-2H3. The van der Waals surface area contributed by atoms with Gasteiger partial charge in [0, 0.05) is 47.8 Å². The number of anilines is 1. The van der Waals surface area contributed by atoms with Crippen LogP contribution in [-0.2, 0) is 16.1 Å². The first-order chi connectivity index (χ1) is 25.7. The molecule has 0 heterocycles. The van der Waals surface area contributed by atoms with Gasteiger partial charge in [-0.25, -0.2) is 0 Å². The Morgan fingerprint density at radius 3 is 1.96 bits per heavy atom. The Morgan fingerprint density at radius 1 is 0.870 bits per heavy atom. The molecule has 0 bridgehead atoms. The number of hydrogen-bond acceptors (Lipinski definition) is 5. The molecule has 3 atom stereocenters. The van der Waals surface area contributed by atoms with E-state index < -0.39 is 0 Å². The second-order valence-corrected chi connectivity index (χ2v) is 14.5. The number of carbonyl (C=O) groups is 3. The van der Waals surface area contributed by atoms with E-state index in [0.29, 0.717) is 18.9 Å². The van der Waals surface area contributed by atoms with Gasteiger partial charge in [0.25, 0.3) is 0 Å². The third kappa shape index (κ3) is 14.5. The number of ketones is 2. The van der Waals surface area contributed by atoms with Crippen molar-refractivity contribution in [2.45, 2.75) is 101 Å². The molecule has 1 amide bonds. The van der Waals surface area contributed by atoms with Crippen LogP contribution >= 0.6 is 0 Å². The number of hydrogen-bond donors (Lipinski definition) is 2. The number of nitrogens with one attached hydrogen (secondary N) is 2. The van der Waals surface area contributed by atoms with Gasteiger partial charge in [-0.2, -0.15) is 0 Å². The molecule has 3 unspecified atom stereocenters. The third-order valence-electron chi connectivity index (χ3n) is 9.73. The van der Waals surface area contributed by atoms with Gasteiger partial charge in [-0.15, -0.1) is 0 Å². The Hall–Kier alpha value is -4.97. The normalized spacial score (nSPS) is 18.1. The summed E-state index contributed by atoms with van der Waals surface area (Å²) >= 11 is 0. The summed E-state index contributed by atoms with van der Waals surface area (Å²) in [5.74, 6) is 1.98. The highest BCUT2D eigenvalue weighted by Gasteiger charge is 2.37. The maximum absolute atomic E-state index is 13.8. The SMILES string of the molecule is C=C(C)c1ccccc1C(C)=O.C=C(NCc1ccccc1)NC1=CCC(C)(CN(C(=O)C2CCCC2C)c2ccccc2C)C=C1.CC.CCC(C)=O. The fourth-order valence-electron chi connectivity index (χ4n) is 6.39. The predicted octanol–water partition coefficient (Wildman–Crippen LogP) is 11.4. The van der Waals surface area contributed by atoms with E-state index in [1.54, 1.807) is 13.8 Å². The summed E-state index contributed by atoms with van der Waals surface area (Å²) in [4.78, 5) is 36.8. The van der Waals surface area contributed by atoms with E-state index in [9.17, 15) is 14.4 Å². The van der Waals surface area contributed by atoms with Crippen LogP contribution in [0.1, 0.15) is 115 Å². The van der Waals surface area contributed by atoms with Crippen LogP contribution in [0.5, 0.6) is 0 Å². The Morgan fingerprint density at radius 2 is 1.46 bits per heavy atom. The first-order valence-corrected chi connectivity index (χ1v) is 19.5. The van der Waals surface area contributed by atoms with Gasteiger partial charge in [0.2, 0.25) is 5.91 Å². The zero-order valence-corrected chi connectivity index (χ0v) is 34.4. The summed E-state index contributed by atoms with van der Waals surface area (Å²) in [6.07, 6.45) is 11.4. The molecule has 290 valence electrons. The van der Waals surface area contributed by atoms with E-state index in [2.05, 4.69) is 92.0 Å². The topological polar surface area (TPSA) is 78.5 Å². The van der Waals surface area contributed by atoms with Gasteiger partial charge < -0.3 is 20.3 Å². The van der Waals surface area contributed by atoms with Crippen molar-refractivity contribution < 1.29 is 14.4 Å². The van der Waals surface area contributed by atoms with Gasteiger partial charge in [-0.1, -0.05) is 145 Å². The maximum atomic E-state index is 13.8. The molecule has 1 saturated carbocycles. The Balaban J connectivity index is 0.000000438. The highest BCUT2D eigenvalue weighted by atomic mass is 16.2. The molecule has 2 aliphatic carbocycles. The monoisotopic (exact) mass is 732 g/mol. The zero-order valence-electron chi connectivity index (χ0n) is 34.4. The van der Waals surface area contributed by atoms with E-state index in [1.165, 1.54) is 5.56 Å². The number of para-hydroxylation sites is 1. The minimum Gasteiger partial charge on any atom is -0.368 e. The van der Waals surface area contributed by atoms with Crippen LogP contribution in [0.2, 0.25) is 0 Å². The maximum Gasteiger partial charge on any atom is 0.230 e. The molecule has 3 aromatic rings. The molecular weight excluding hydrogens is 667 g/mol. The molecule has 0 aliphatic heterocycles. The molecule has 54 heavy (non-hydrogen) atoms. The van der Waals surface area contributed by atoms with E-state index in [4.69, 9.17) is 0 Å². The van der Waals surface area contributed by atoms with Crippen molar-refractivity contribution in [3.63, 3.8) is 0 Å². The van der Waals surface area contributed by atoms with Gasteiger partial charge in [0.05, 0.1) is 5.82 Å². The van der Waals surface area contributed by atoms with E-state index in [-0.39, 0.29) is 28.8 Å². The van der Waals surface area contributed by atoms with E-state index in [1.807, 2.05) is 82.3 Å². The molecule has 0 aromatic heterocycles. The Bertz CT molecular complexity index is 1720. The molecule has 0 radical (unpaired) electrons. The number of Topliss-reactive ketones (excluding diaryl/α,β-unsaturated/α-hetero) is 2. The molecule has 2 N–H and O–H groups in total. The molecular formula is C48H65N3O3. The second kappa shape index (κ2) is 23.0. The molecule has 1 fully saturated rings. The first kappa shape index (κ1) is 45.2. The quantitative estimate of drug-likeness (QED) is 0.181. The van der Waals surface area contributed by atoms with E-state index >= 15 is 0 Å². The number of rotatable bonds is 12. The number of nitrogens with zero attached hydrogens (tertiary/aromatic N) is 1. The van der Waals surface area contributed by atoms with Crippen LogP contribution in [-0.4, -0.2) is 24.0 Å². The number of aryl methyl sites for hydroxylation is 1. The van der Waals surface area contributed by atoms with Gasteiger partial charge >= 0.3 is 0 Å². The number of carbonyl (C=O) groups excluding carboxylic acids is 3. The van der Waals surface area contributed by atoms with Gasteiger partial charge in [0.1, 0.15) is 5.78 Å². The van der Waals surface area contributed by atoms with E-state index in [0.717, 1.165) is 71.7 Å². The van der Waals surface area contributed by atoms with Crippen molar-refractivity contribution in [3.05, 3.63) is 144 Å². The smallest absolute Gasteiger partial charge is 0.230 e. The number of benzene rings is 3. The van der Waals surface area contributed by atoms with Gasteiger partial charge in [-0.05, 0) is 81.7 Å². The largest absolute Gasteiger partial charge is 0.368 e. The average Bonchev–Trinajstić information content (AvgIpc) is 3.61. The van der Waals surface area contributed by atoms with Crippen LogP contribution in [0.15, 0.2) is 122 Å². The van der Waals surface area contributed by atoms with Crippen LogP contribution in [0.4, 0.5) is 5.69 Å². The van der Waals surface area contributed by atoms with Crippen molar-refractivity contribution in [1.82, 2.24) is 10.6 Å². The summed E-state index contributed by atoms with van der Waals surface area (Å²) < 4.78 is 0. The van der Waals surface area contributed by atoms with Crippen LogP contribution < -0.4 is 15.5 Å². The van der Waals surface area contributed by atoms with Crippen molar-refractivity contribution in [2.75, 3.05) is 11.4 Å². The zero-order chi connectivity index (χ0) is 40.3. The predicted molar refractivity (Wildman–Crippen MR) is 229 cm³/mol. The van der Waals surface area contributed by atoms with Crippen molar-refractivity contribution in [3.8, 4) is 0 Å². The Kier molecular flexibility index (Phi) is 19.2. The molecule has 6 nitrogen and oxygen atoms in total. The summed E-state index contributed by atoms with van der Waals surface area (Å²) in [6, 6.07) is 26.1. The average molecular weight is 732 g/mol. The molecule has 6 heteroatoms. The molecule has 0 spiro atoms. The van der Waals surface area contributed by atoms with Crippen LogP contribution in [0, 0.1) is 24.2 Å². The lowest BCUT2D eigenvalue weighted by Crippen LogP contribution is -2.44. The summed E-state index contributed by atoms with van der Waals surface area (Å²) in [5, 5.41) is 6.73. The lowest BCUT2D eigenvalue weighted by atomic mass is 9.81. The molecule has 5 rings (SSSR count). The number of amides is 1. The minimum absolute atomic E-state index is 0.0913. The van der Waals surface area contributed by atoms with Crippen LogP contribution in [0.25, 0.3) is 5.57 Å². The van der Waals surface area contributed by atoms with Crippen molar-refractivity contribution in [1.29, 1.82) is 0 Å². The minimum atomic E-state index is -0.135. The van der Waals surface area contributed by atoms with Crippen molar-refractivity contribution in [2.24, 2.45) is 17.3 Å². The first-order valence-electron chi connectivity index (χ1n) is 19.5. The molecule has 0 saturated heterocycles. The molecule has 3 aromatic carbocycles. The summed E-state index contributed by atoms with van der Waals surface area (Å²) in [5.41, 5.74) is 6.94. The third-order valence-corrected chi connectivity index (χ3v) is 9.73. The van der Waals surface area contributed by atoms with Crippen molar-refractivity contribution >= 4 is 28.7 Å². The number of allylic oxidation sites excluding steroid dienone is 3. The fraction of sp³-hybridized carbons (Fsp3) is 0.396. The molecule has 2 aliphatic rings. The summed E-state index contributed by atoms with van der Waals surface area (Å²) in [7, 11) is 0. The lowest BCUT2D eigenvalue weighted by molar-refractivity contribution is -0.123. The lowest BCUT2D eigenvalue weighted by Gasteiger charge is -2.37. The highest BCUT2D eigenvalue weighted by molar-refractivity contribution is 5.98. The fourth-order valence-corrected chi connectivity index (χ4v) is 6.39. The van der Waals surface area contributed by atoms with Gasteiger partial charge in [0.15, 0.2) is 5.78 Å². The highest BCUT2D eigenvalue weighted by Crippen LogP contribution is 2.38.